The van der Waals surface area contributed by atoms with Gasteiger partial charge >= 0.3 is 0 Å². The minimum atomic E-state index is -0.249. The van der Waals surface area contributed by atoms with E-state index in [0.29, 0.717) is 12.6 Å². The van der Waals surface area contributed by atoms with Gasteiger partial charge in [-0.15, -0.1) is 0 Å². The van der Waals surface area contributed by atoms with E-state index in [2.05, 4.69) is 64.3 Å². The maximum Gasteiger partial charge on any atom is 0.231 e. The monoisotopic (exact) mass is 443 g/mol. The van der Waals surface area contributed by atoms with Crippen LogP contribution in [0.1, 0.15) is 30.9 Å². The fraction of sp³-hybridized carbons (Fsp3) is 0.667. The summed E-state index contributed by atoms with van der Waals surface area (Å²) in [5, 5.41) is 6.95. The van der Waals surface area contributed by atoms with Crippen molar-refractivity contribution in [1.82, 2.24) is 20.4 Å². The summed E-state index contributed by atoms with van der Waals surface area (Å²) in [4.78, 5) is 23.1. The van der Waals surface area contributed by atoms with Crippen LogP contribution < -0.4 is 21.3 Å². The Kier molecular flexibility index (Phi) is 9.17. The number of nitrogens with zero attached hydrogens (tertiary/aromatic N) is 4. The highest BCUT2D eigenvalue weighted by Gasteiger charge is 2.21. The highest BCUT2D eigenvalue weighted by Crippen LogP contribution is 2.23. The summed E-state index contributed by atoms with van der Waals surface area (Å²) in [5.74, 6) is 0.649. The molecule has 1 aromatic carbocycles. The van der Waals surface area contributed by atoms with Crippen LogP contribution >= 0.6 is 0 Å². The molecule has 0 atom stereocenters. The van der Waals surface area contributed by atoms with E-state index >= 15 is 0 Å². The number of aliphatic imine (C=N–C) groups is 1. The second-order valence-corrected chi connectivity index (χ2v) is 8.97. The Balaban J connectivity index is 1.41. The average Bonchev–Trinajstić information content (AvgIpc) is 2.77. The third-order valence-electron chi connectivity index (χ3n) is 6.63. The second kappa shape index (κ2) is 12.1. The van der Waals surface area contributed by atoms with E-state index in [1.807, 2.05) is 0 Å². The third-order valence-corrected chi connectivity index (χ3v) is 6.63. The lowest BCUT2D eigenvalue weighted by atomic mass is 10.1. The van der Waals surface area contributed by atoms with Gasteiger partial charge in [-0.1, -0.05) is 12.1 Å². The molecule has 1 aromatic rings. The van der Waals surface area contributed by atoms with Crippen molar-refractivity contribution >= 4 is 17.6 Å². The van der Waals surface area contributed by atoms with E-state index in [1.165, 1.54) is 16.8 Å². The summed E-state index contributed by atoms with van der Waals surface area (Å²) in [7, 11) is 0. The molecule has 1 amide bonds. The smallest absolute Gasteiger partial charge is 0.231 e. The number of amides is 1. The number of hydrogen-bond donors (Lipinski definition) is 3. The van der Waals surface area contributed by atoms with Crippen LogP contribution in [0, 0.1) is 13.8 Å². The Labute approximate surface area is 193 Å². The first kappa shape index (κ1) is 24.3. The summed E-state index contributed by atoms with van der Waals surface area (Å²) in [6.45, 7) is 15.6. The molecule has 2 aliphatic heterocycles. The molecule has 4 N–H and O–H groups in total. The standard InChI is InChI=1S/C24H41N7O/c1-4-26-24(28-21-8-11-30(12-9-21)18-23(25)32)27-10-13-29-14-16-31(17-15-29)22-7-5-6-19(2)20(22)3/h5-7,21H,4,8-18H2,1-3H3,(H2,25,32)(H2,26,27,28). The summed E-state index contributed by atoms with van der Waals surface area (Å²) in [5.41, 5.74) is 9.45. The molecular formula is C24H41N7O. The number of nitrogens with one attached hydrogen (secondary N) is 2. The van der Waals surface area contributed by atoms with E-state index in [-0.39, 0.29) is 5.91 Å². The van der Waals surface area contributed by atoms with Gasteiger partial charge in [0.05, 0.1) is 13.1 Å². The molecule has 2 aliphatic rings. The number of guanidine groups is 1. The molecule has 178 valence electrons. The Morgan fingerprint density at radius 3 is 2.47 bits per heavy atom. The molecule has 8 nitrogen and oxygen atoms in total. The average molecular weight is 444 g/mol. The Hall–Kier alpha value is -2.32. The number of carbonyl (C=O) groups is 1. The molecule has 0 aliphatic carbocycles. The van der Waals surface area contributed by atoms with Crippen LogP contribution in [0.5, 0.6) is 0 Å². The van der Waals surface area contributed by atoms with E-state index < -0.39 is 0 Å². The first-order valence-corrected chi connectivity index (χ1v) is 12.0. The Bertz CT molecular complexity index is 766. The Morgan fingerprint density at radius 2 is 1.81 bits per heavy atom. The molecule has 2 fully saturated rings. The van der Waals surface area contributed by atoms with Crippen molar-refractivity contribution in [1.29, 1.82) is 0 Å². The molecule has 8 heteroatoms. The molecule has 2 saturated heterocycles. The summed E-state index contributed by atoms with van der Waals surface area (Å²) < 4.78 is 0. The molecule has 0 unspecified atom stereocenters. The minimum Gasteiger partial charge on any atom is -0.369 e. The molecule has 0 aromatic heterocycles. The van der Waals surface area contributed by atoms with Gasteiger partial charge in [-0.25, -0.2) is 0 Å². The van der Waals surface area contributed by atoms with Crippen molar-refractivity contribution < 1.29 is 4.79 Å². The zero-order chi connectivity index (χ0) is 22.9. The van der Waals surface area contributed by atoms with Gasteiger partial charge in [-0.05, 0) is 50.8 Å². The third kappa shape index (κ3) is 7.10. The summed E-state index contributed by atoms with van der Waals surface area (Å²) in [6.07, 6.45) is 2.00. The van der Waals surface area contributed by atoms with Crippen LogP contribution in [0.3, 0.4) is 0 Å². The zero-order valence-corrected chi connectivity index (χ0v) is 20.1. The van der Waals surface area contributed by atoms with E-state index in [0.717, 1.165) is 77.7 Å². The quantitative estimate of drug-likeness (QED) is 0.409. The first-order valence-electron chi connectivity index (χ1n) is 12.0. The fourth-order valence-electron chi connectivity index (χ4n) is 4.56. The molecule has 2 heterocycles. The highest BCUT2D eigenvalue weighted by molar-refractivity contribution is 5.80. The number of piperazine rings is 1. The normalized spacial score (nSPS) is 19.2. The van der Waals surface area contributed by atoms with Gasteiger partial charge < -0.3 is 21.3 Å². The first-order chi connectivity index (χ1) is 15.5. The van der Waals surface area contributed by atoms with Crippen LogP contribution in [0.2, 0.25) is 0 Å². The number of likely N-dealkylation sites (tertiary alicyclic amines) is 1. The molecule has 3 rings (SSSR count). The number of aryl methyl sites for hydroxylation is 1. The predicted octanol–water partition coefficient (Wildman–Crippen LogP) is 0.930. The van der Waals surface area contributed by atoms with Crippen molar-refractivity contribution in [2.45, 2.75) is 39.7 Å². The lowest BCUT2D eigenvalue weighted by Gasteiger charge is -2.37. The SMILES string of the molecule is CCNC(=NCCN1CCN(c2cccc(C)c2C)CC1)NC1CCN(CC(N)=O)CC1. The molecule has 0 spiro atoms. The van der Waals surface area contributed by atoms with Crippen LogP contribution in [0.25, 0.3) is 0 Å². The topological polar surface area (TPSA) is 89.2 Å². The van der Waals surface area contributed by atoms with Crippen molar-refractivity contribution in [3.63, 3.8) is 0 Å². The van der Waals surface area contributed by atoms with Gasteiger partial charge in [0, 0.05) is 64.1 Å². The van der Waals surface area contributed by atoms with Crippen molar-refractivity contribution in [2.75, 3.05) is 70.3 Å². The lowest BCUT2D eigenvalue weighted by Crippen LogP contribution is -2.50. The Morgan fingerprint density at radius 1 is 1.09 bits per heavy atom. The van der Waals surface area contributed by atoms with Crippen molar-refractivity contribution in [2.24, 2.45) is 10.7 Å². The van der Waals surface area contributed by atoms with Crippen LogP contribution in [-0.4, -0.2) is 93.2 Å². The fourth-order valence-corrected chi connectivity index (χ4v) is 4.56. The van der Waals surface area contributed by atoms with Crippen LogP contribution in [0.4, 0.5) is 5.69 Å². The van der Waals surface area contributed by atoms with Gasteiger partial charge in [-0.2, -0.15) is 0 Å². The van der Waals surface area contributed by atoms with Crippen LogP contribution in [-0.2, 0) is 4.79 Å². The van der Waals surface area contributed by atoms with Crippen molar-refractivity contribution in [3.8, 4) is 0 Å². The molecule has 0 radical (unpaired) electrons. The molecule has 0 bridgehead atoms. The predicted molar refractivity (Wildman–Crippen MR) is 132 cm³/mol. The van der Waals surface area contributed by atoms with Gasteiger partial charge in [-0.3, -0.25) is 19.6 Å². The number of carbonyl (C=O) groups excluding carboxylic acids is 1. The van der Waals surface area contributed by atoms with E-state index in [9.17, 15) is 4.79 Å². The number of piperidine rings is 1. The summed E-state index contributed by atoms with van der Waals surface area (Å²) in [6, 6.07) is 6.98. The maximum atomic E-state index is 11.1. The minimum absolute atomic E-state index is 0.249. The van der Waals surface area contributed by atoms with Gasteiger partial charge in [0.15, 0.2) is 5.96 Å². The molecule has 0 saturated carbocycles. The van der Waals surface area contributed by atoms with Gasteiger partial charge in [0.2, 0.25) is 5.91 Å². The van der Waals surface area contributed by atoms with E-state index in [4.69, 9.17) is 10.7 Å². The number of benzene rings is 1. The van der Waals surface area contributed by atoms with E-state index in [1.54, 1.807) is 0 Å². The number of primary amides is 1. The van der Waals surface area contributed by atoms with Crippen molar-refractivity contribution in [3.05, 3.63) is 29.3 Å². The lowest BCUT2D eigenvalue weighted by molar-refractivity contribution is -0.119. The maximum absolute atomic E-state index is 11.1. The molecular weight excluding hydrogens is 402 g/mol. The zero-order valence-electron chi connectivity index (χ0n) is 20.1. The summed E-state index contributed by atoms with van der Waals surface area (Å²) >= 11 is 0. The van der Waals surface area contributed by atoms with Crippen LogP contribution in [0.15, 0.2) is 23.2 Å². The largest absolute Gasteiger partial charge is 0.369 e. The van der Waals surface area contributed by atoms with Gasteiger partial charge in [0.1, 0.15) is 0 Å². The number of rotatable bonds is 8. The highest BCUT2D eigenvalue weighted by atomic mass is 16.1. The number of anilines is 1. The second-order valence-electron chi connectivity index (χ2n) is 8.97. The number of hydrogen-bond acceptors (Lipinski definition) is 5. The van der Waals surface area contributed by atoms with Gasteiger partial charge in [0.25, 0.3) is 0 Å². The molecule has 32 heavy (non-hydrogen) atoms. The number of nitrogens with two attached hydrogens (primary N) is 1.